The van der Waals surface area contributed by atoms with Crippen molar-refractivity contribution in [3.63, 3.8) is 0 Å². The van der Waals surface area contributed by atoms with Gasteiger partial charge in [-0.2, -0.15) is 0 Å². The molecule has 2 atom stereocenters. The van der Waals surface area contributed by atoms with E-state index in [0.717, 1.165) is 0 Å². The number of aromatic nitrogens is 3. The summed E-state index contributed by atoms with van der Waals surface area (Å²) in [6, 6.07) is -1.23. The number of Topliss-reactive ketones (excluding diaryl/α,β-unsaturated/α-hetero) is 2. The second-order valence-electron chi connectivity index (χ2n) is 7.02. The first-order valence-electron chi connectivity index (χ1n) is 8.50. The van der Waals surface area contributed by atoms with Gasteiger partial charge in [-0.1, -0.05) is 61.1 Å². The standard InChI is InChI=1S/C15H27N5O2.C2H6.CH4.H2/c1-9(2)13(21)12(17)8-20-7-10(18-19-20)6-11(16)14(22)15(3,4)5;1-2;;/h7,9,11-12H,6,8,16-17H2,1-5H3;1-2H3;1H4;1H. The minimum absolute atomic E-state index is 0. The molecule has 0 radical (unpaired) electrons. The highest BCUT2D eigenvalue weighted by Crippen LogP contribution is 2.17. The molecule has 0 bridgehead atoms. The highest BCUT2D eigenvalue weighted by atomic mass is 16.1. The fourth-order valence-electron chi connectivity index (χ4n) is 2.12. The van der Waals surface area contributed by atoms with E-state index in [1.165, 1.54) is 4.68 Å². The average Bonchev–Trinajstić information content (AvgIpc) is 2.93. The SMILES string of the molecule is C.CC.CC(C)C(=O)C(N)Cn1cc(CC(N)C(=O)C(C)(C)C)nn1.[HH]. The maximum Gasteiger partial charge on any atom is 0.155 e. The summed E-state index contributed by atoms with van der Waals surface area (Å²) in [5.74, 6) is -0.152. The molecule has 4 N–H and O–H groups in total. The van der Waals surface area contributed by atoms with Gasteiger partial charge in [0.2, 0.25) is 0 Å². The molecule has 25 heavy (non-hydrogen) atoms. The van der Waals surface area contributed by atoms with Crippen molar-refractivity contribution in [2.45, 2.75) is 80.9 Å². The molecule has 0 amide bonds. The zero-order valence-corrected chi connectivity index (χ0v) is 16.0. The van der Waals surface area contributed by atoms with Gasteiger partial charge < -0.3 is 11.5 Å². The maximum absolute atomic E-state index is 12.1. The predicted molar refractivity (Wildman–Crippen MR) is 104 cm³/mol. The van der Waals surface area contributed by atoms with Crippen LogP contribution >= 0.6 is 0 Å². The summed E-state index contributed by atoms with van der Waals surface area (Å²) in [5.41, 5.74) is 11.9. The lowest BCUT2D eigenvalue weighted by Gasteiger charge is -2.20. The molecule has 7 heteroatoms. The topological polar surface area (TPSA) is 117 Å². The van der Waals surface area contributed by atoms with Crippen LogP contribution in [0.3, 0.4) is 0 Å². The van der Waals surface area contributed by atoms with Gasteiger partial charge in [0.15, 0.2) is 11.6 Å². The lowest BCUT2D eigenvalue weighted by Crippen LogP contribution is -2.40. The molecule has 0 saturated heterocycles. The van der Waals surface area contributed by atoms with Crippen LogP contribution in [0, 0.1) is 11.3 Å². The summed E-state index contributed by atoms with van der Waals surface area (Å²) < 4.78 is 1.52. The van der Waals surface area contributed by atoms with Crippen molar-refractivity contribution >= 4 is 11.6 Å². The Morgan fingerprint density at radius 3 is 2.16 bits per heavy atom. The van der Waals surface area contributed by atoms with Crippen molar-refractivity contribution in [1.29, 1.82) is 0 Å². The molecule has 1 aromatic rings. The number of rotatable bonds is 7. The van der Waals surface area contributed by atoms with E-state index in [4.69, 9.17) is 11.5 Å². The monoisotopic (exact) mass is 357 g/mol. The molecule has 0 spiro atoms. The number of ketones is 2. The molecular formula is C18H39N5O2. The predicted octanol–water partition coefficient (Wildman–Crippen LogP) is 2.22. The molecule has 0 fully saturated rings. The summed E-state index contributed by atoms with van der Waals surface area (Å²) in [4.78, 5) is 23.9. The molecule has 0 aliphatic rings. The van der Waals surface area contributed by atoms with Crippen LogP contribution in [0.5, 0.6) is 0 Å². The second kappa shape index (κ2) is 11.1. The largest absolute Gasteiger partial charge is 0.321 e. The first-order chi connectivity index (χ1) is 11.0. The molecule has 2 unspecified atom stereocenters. The Hall–Kier alpha value is -1.60. The zero-order chi connectivity index (χ0) is 19.1. The number of nitrogens with two attached hydrogens (primary N) is 2. The molecule has 0 aliphatic carbocycles. The Morgan fingerprint density at radius 1 is 1.20 bits per heavy atom. The van der Waals surface area contributed by atoms with Gasteiger partial charge in [-0.05, 0) is 0 Å². The van der Waals surface area contributed by atoms with Crippen molar-refractivity contribution in [2.75, 3.05) is 0 Å². The quantitative estimate of drug-likeness (QED) is 0.772. The first-order valence-corrected chi connectivity index (χ1v) is 8.50. The Bertz CT molecular complexity index is 538. The lowest BCUT2D eigenvalue weighted by atomic mass is 9.85. The molecule has 7 nitrogen and oxygen atoms in total. The van der Waals surface area contributed by atoms with Gasteiger partial charge in [0.25, 0.3) is 0 Å². The Morgan fingerprint density at radius 2 is 1.72 bits per heavy atom. The van der Waals surface area contributed by atoms with E-state index in [9.17, 15) is 9.59 Å². The Kier molecular flexibility index (Phi) is 11.4. The van der Waals surface area contributed by atoms with Crippen LogP contribution in [-0.4, -0.2) is 38.6 Å². The van der Waals surface area contributed by atoms with Crippen LogP contribution in [0.4, 0.5) is 0 Å². The molecule has 1 heterocycles. The van der Waals surface area contributed by atoms with Crippen LogP contribution in [-0.2, 0) is 22.6 Å². The molecule has 1 rings (SSSR count). The van der Waals surface area contributed by atoms with Crippen LogP contribution in [0.15, 0.2) is 6.20 Å². The molecule has 0 aliphatic heterocycles. The third kappa shape index (κ3) is 8.36. The van der Waals surface area contributed by atoms with Crippen molar-refractivity contribution in [3.05, 3.63) is 11.9 Å². The Labute approximate surface area is 154 Å². The normalized spacial score (nSPS) is 13.4. The Balaban J connectivity index is -0.00000127. The lowest BCUT2D eigenvalue weighted by molar-refractivity contribution is -0.127. The molecule has 1 aromatic heterocycles. The number of carbonyl (C=O) groups is 2. The fourth-order valence-corrected chi connectivity index (χ4v) is 2.12. The smallest absolute Gasteiger partial charge is 0.155 e. The van der Waals surface area contributed by atoms with E-state index in [2.05, 4.69) is 10.3 Å². The van der Waals surface area contributed by atoms with E-state index >= 15 is 0 Å². The van der Waals surface area contributed by atoms with Gasteiger partial charge in [0, 0.05) is 25.4 Å². The molecule has 148 valence electrons. The summed E-state index contributed by atoms with van der Waals surface area (Å²) >= 11 is 0. The number of carbonyl (C=O) groups excluding carboxylic acids is 2. The van der Waals surface area contributed by atoms with Crippen molar-refractivity contribution < 1.29 is 11.0 Å². The fraction of sp³-hybridized carbons (Fsp3) is 0.778. The van der Waals surface area contributed by atoms with Crippen molar-refractivity contribution in [1.82, 2.24) is 15.0 Å². The maximum atomic E-state index is 12.1. The van der Waals surface area contributed by atoms with Crippen molar-refractivity contribution in [3.8, 4) is 0 Å². The molecular weight excluding hydrogens is 318 g/mol. The average molecular weight is 358 g/mol. The van der Waals surface area contributed by atoms with Crippen LogP contribution in [0.1, 0.15) is 63.0 Å². The van der Waals surface area contributed by atoms with Gasteiger partial charge in [-0.15, -0.1) is 5.10 Å². The van der Waals surface area contributed by atoms with Gasteiger partial charge in [0.05, 0.1) is 24.3 Å². The van der Waals surface area contributed by atoms with Crippen LogP contribution < -0.4 is 11.5 Å². The van der Waals surface area contributed by atoms with Gasteiger partial charge in [0.1, 0.15) is 0 Å². The summed E-state index contributed by atoms with van der Waals surface area (Å²) in [5, 5.41) is 7.93. The number of hydrogen-bond acceptors (Lipinski definition) is 6. The molecule has 0 aromatic carbocycles. The number of nitrogens with zero attached hydrogens (tertiary/aromatic N) is 3. The van der Waals surface area contributed by atoms with Gasteiger partial charge >= 0.3 is 0 Å². The minimum Gasteiger partial charge on any atom is -0.321 e. The third-order valence-electron chi connectivity index (χ3n) is 3.41. The van der Waals surface area contributed by atoms with Crippen LogP contribution in [0.25, 0.3) is 0 Å². The zero-order valence-electron chi connectivity index (χ0n) is 16.0. The first kappa shape index (κ1) is 25.6. The number of hydrogen-bond donors (Lipinski definition) is 2. The summed E-state index contributed by atoms with van der Waals surface area (Å²) in [6.07, 6.45) is 2.01. The van der Waals surface area contributed by atoms with Gasteiger partial charge in [-0.3, -0.25) is 14.3 Å². The summed E-state index contributed by atoms with van der Waals surface area (Å²) in [6.45, 7) is 13.4. The highest BCUT2D eigenvalue weighted by Gasteiger charge is 2.28. The van der Waals surface area contributed by atoms with Crippen molar-refractivity contribution in [2.24, 2.45) is 22.8 Å². The van der Waals surface area contributed by atoms with E-state index in [0.29, 0.717) is 12.1 Å². The molecule has 0 saturated carbocycles. The third-order valence-corrected chi connectivity index (χ3v) is 3.41. The highest BCUT2D eigenvalue weighted by molar-refractivity contribution is 5.88. The van der Waals surface area contributed by atoms with E-state index < -0.39 is 17.5 Å². The second-order valence-corrected chi connectivity index (χ2v) is 7.02. The van der Waals surface area contributed by atoms with Gasteiger partial charge in [-0.25, -0.2) is 0 Å². The van der Waals surface area contributed by atoms with E-state index in [1.807, 2.05) is 48.5 Å². The summed E-state index contributed by atoms with van der Waals surface area (Å²) in [7, 11) is 0. The van der Waals surface area contributed by atoms with E-state index in [1.54, 1.807) is 6.20 Å². The van der Waals surface area contributed by atoms with Crippen LogP contribution in [0.2, 0.25) is 0 Å². The minimum atomic E-state index is -0.615. The van der Waals surface area contributed by atoms with E-state index in [-0.39, 0.29) is 32.9 Å².